The Labute approximate surface area is 129 Å². The van der Waals surface area contributed by atoms with Crippen molar-refractivity contribution in [2.75, 3.05) is 26.7 Å². The summed E-state index contributed by atoms with van der Waals surface area (Å²) >= 11 is 0. The van der Waals surface area contributed by atoms with E-state index in [4.69, 9.17) is 5.73 Å². The van der Waals surface area contributed by atoms with E-state index in [1.807, 2.05) is 11.9 Å². The van der Waals surface area contributed by atoms with Gasteiger partial charge < -0.3 is 10.6 Å². The van der Waals surface area contributed by atoms with E-state index in [1.165, 1.54) is 12.1 Å². The van der Waals surface area contributed by atoms with E-state index in [9.17, 15) is 14.0 Å². The normalized spacial score (nSPS) is 19.2. The van der Waals surface area contributed by atoms with Gasteiger partial charge in [0.2, 0.25) is 11.8 Å². The monoisotopic (exact) mass is 307 g/mol. The molecule has 1 aromatic carbocycles. The number of nitrogens with two attached hydrogens (primary N) is 1. The maximum atomic E-state index is 12.8. The number of aryl methyl sites for hydroxylation is 1. The molecule has 2 rings (SSSR count). The number of rotatable bonds is 5. The Balaban J connectivity index is 1.79. The van der Waals surface area contributed by atoms with E-state index >= 15 is 0 Å². The highest BCUT2D eigenvalue weighted by Crippen LogP contribution is 2.12. The van der Waals surface area contributed by atoms with Crippen LogP contribution in [0.25, 0.3) is 0 Å². The fourth-order valence-corrected chi connectivity index (χ4v) is 2.66. The molecule has 1 saturated heterocycles. The van der Waals surface area contributed by atoms with Gasteiger partial charge in [-0.1, -0.05) is 12.1 Å². The van der Waals surface area contributed by atoms with E-state index in [0.29, 0.717) is 32.5 Å². The number of hydrogen-bond acceptors (Lipinski definition) is 3. The van der Waals surface area contributed by atoms with Crippen LogP contribution in [0.2, 0.25) is 0 Å². The van der Waals surface area contributed by atoms with Gasteiger partial charge in [0.15, 0.2) is 0 Å². The van der Waals surface area contributed by atoms with Crippen molar-refractivity contribution in [2.45, 2.75) is 25.3 Å². The summed E-state index contributed by atoms with van der Waals surface area (Å²) in [6, 6.07) is 5.91. The van der Waals surface area contributed by atoms with E-state index in [1.54, 1.807) is 17.0 Å². The number of carbonyl (C=O) groups is 2. The zero-order chi connectivity index (χ0) is 16.1. The second kappa shape index (κ2) is 7.35. The van der Waals surface area contributed by atoms with E-state index in [2.05, 4.69) is 0 Å². The Hall–Kier alpha value is -1.95. The summed E-state index contributed by atoms with van der Waals surface area (Å²) in [6.07, 6.45) is 1.86. The summed E-state index contributed by atoms with van der Waals surface area (Å²) in [5.41, 5.74) is 6.38. The number of halogens is 1. The van der Waals surface area contributed by atoms with Crippen LogP contribution in [0.3, 0.4) is 0 Å². The van der Waals surface area contributed by atoms with Crippen molar-refractivity contribution in [3.63, 3.8) is 0 Å². The Kier molecular flexibility index (Phi) is 5.49. The molecule has 2 N–H and O–H groups in total. The first-order chi connectivity index (χ1) is 10.5. The van der Waals surface area contributed by atoms with Crippen LogP contribution in [0, 0.1) is 5.82 Å². The van der Waals surface area contributed by atoms with Crippen LogP contribution in [-0.2, 0) is 16.0 Å². The van der Waals surface area contributed by atoms with Crippen molar-refractivity contribution >= 4 is 11.8 Å². The summed E-state index contributed by atoms with van der Waals surface area (Å²) in [7, 11) is 1.84. The molecule has 1 aromatic rings. The number of amides is 2. The van der Waals surface area contributed by atoms with Crippen LogP contribution >= 0.6 is 0 Å². The van der Waals surface area contributed by atoms with Gasteiger partial charge in [-0.25, -0.2) is 4.39 Å². The maximum Gasteiger partial charge on any atom is 0.236 e. The standard InChI is InChI=1S/C16H22FN3O2/c1-19-9-10-20(11-14(19)16(18)22)15(21)4-2-3-12-5-7-13(17)8-6-12/h5-8,14H,2-4,9-11H2,1H3,(H2,18,22)/t14-/m0/s1. The molecule has 0 spiro atoms. The largest absolute Gasteiger partial charge is 0.368 e. The van der Waals surface area contributed by atoms with Gasteiger partial charge in [-0.2, -0.15) is 0 Å². The lowest BCUT2D eigenvalue weighted by Gasteiger charge is -2.37. The first-order valence-corrected chi connectivity index (χ1v) is 7.49. The lowest BCUT2D eigenvalue weighted by molar-refractivity contribution is -0.136. The molecular weight excluding hydrogens is 285 g/mol. The maximum absolute atomic E-state index is 12.8. The van der Waals surface area contributed by atoms with Gasteiger partial charge >= 0.3 is 0 Å². The minimum Gasteiger partial charge on any atom is -0.368 e. The van der Waals surface area contributed by atoms with Crippen LogP contribution in [-0.4, -0.2) is 54.3 Å². The third kappa shape index (κ3) is 4.27. The highest BCUT2D eigenvalue weighted by Gasteiger charge is 2.30. The number of benzene rings is 1. The predicted molar refractivity (Wildman–Crippen MR) is 81.5 cm³/mol. The van der Waals surface area contributed by atoms with Crippen molar-refractivity contribution < 1.29 is 14.0 Å². The van der Waals surface area contributed by atoms with Crippen LogP contribution in [0.5, 0.6) is 0 Å². The van der Waals surface area contributed by atoms with E-state index < -0.39 is 11.9 Å². The Morgan fingerprint density at radius 3 is 2.59 bits per heavy atom. The van der Waals surface area contributed by atoms with Gasteiger partial charge in [0.25, 0.3) is 0 Å². The third-order valence-corrected chi connectivity index (χ3v) is 4.10. The molecule has 0 unspecified atom stereocenters. The number of piperazine rings is 1. The fraction of sp³-hybridized carbons (Fsp3) is 0.500. The van der Waals surface area contributed by atoms with Gasteiger partial charge in [0, 0.05) is 26.1 Å². The summed E-state index contributed by atoms with van der Waals surface area (Å²) < 4.78 is 12.8. The first-order valence-electron chi connectivity index (χ1n) is 7.49. The average Bonchev–Trinajstić information content (AvgIpc) is 2.49. The molecule has 120 valence electrons. The van der Waals surface area contributed by atoms with Gasteiger partial charge in [-0.15, -0.1) is 0 Å². The molecule has 0 aromatic heterocycles. The van der Waals surface area contributed by atoms with Crippen LogP contribution in [0.4, 0.5) is 4.39 Å². The Morgan fingerprint density at radius 2 is 1.95 bits per heavy atom. The fourth-order valence-electron chi connectivity index (χ4n) is 2.66. The molecule has 0 bridgehead atoms. The molecule has 1 fully saturated rings. The van der Waals surface area contributed by atoms with Crippen molar-refractivity contribution in [3.8, 4) is 0 Å². The minimum atomic E-state index is -0.408. The van der Waals surface area contributed by atoms with Crippen LogP contribution in [0.15, 0.2) is 24.3 Å². The molecule has 5 nitrogen and oxygen atoms in total. The second-order valence-corrected chi connectivity index (χ2v) is 5.72. The Bertz CT molecular complexity index is 533. The molecule has 2 amide bonds. The Morgan fingerprint density at radius 1 is 1.27 bits per heavy atom. The topological polar surface area (TPSA) is 66.6 Å². The quantitative estimate of drug-likeness (QED) is 0.874. The number of carbonyl (C=O) groups excluding carboxylic acids is 2. The number of nitrogens with zero attached hydrogens (tertiary/aromatic N) is 2. The van der Waals surface area contributed by atoms with Gasteiger partial charge in [0.05, 0.1) is 0 Å². The van der Waals surface area contributed by atoms with Crippen molar-refractivity contribution in [1.29, 1.82) is 0 Å². The van der Waals surface area contributed by atoms with Gasteiger partial charge in [-0.3, -0.25) is 14.5 Å². The second-order valence-electron chi connectivity index (χ2n) is 5.72. The smallest absolute Gasteiger partial charge is 0.236 e. The van der Waals surface area contributed by atoms with E-state index in [0.717, 1.165) is 12.0 Å². The molecule has 1 aliphatic rings. The molecule has 6 heteroatoms. The third-order valence-electron chi connectivity index (χ3n) is 4.10. The van der Waals surface area contributed by atoms with Crippen LogP contribution < -0.4 is 5.73 Å². The van der Waals surface area contributed by atoms with Gasteiger partial charge in [0.1, 0.15) is 11.9 Å². The van der Waals surface area contributed by atoms with E-state index in [-0.39, 0.29) is 11.7 Å². The molecule has 22 heavy (non-hydrogen) atoms. The van der Waals surface area contributed by atoms with Crippen molar-refractivity contribution in [1.82, 2.24) is 9.80 Å². The minimum absolute atomic E-state index is 0.0430. The molecule has 0 radical (unpaired) electrons. The molecule has 0 saturated carbocycles. The lowest BCUT2D eigenvalue weighted by Crippen LogP contribution is -2.57. The zero-order valence-corrected chi connectivity index (χ0v) is 12.8. The highest BCUT2D eigenvalue weighted by molar-refractivity contribution is 5.82. The highest BCUT2D eigenvalue weighted by atomic mass is 19.1. The summed E-state index contributed by atoms with van der Waals surface area (Å²) in [5, 5.41) is 0. The number of hydrogen-bond donors (Lipinski definition) is 1. The molecular formula is C16H22FN3O2. The summed E-state index contributed by atoms with van der Waals surface area (Å²) in [5.74, 6) is -0.609. The van der Waals surface area contributed by atoms with Crippen molar-refractivity contribution in [3.05, 3.63) is 35.6 Å². The van der Waals surface area contributed by atoms with Crippen molar-refractivity contribution in [2.24, 2.45) is 5.73 Å². The average molecular weight is 307 g/mol. The SMILES string of the molecule is CN1CCN(C(=O)CCCc2ccc(F)cc2)C[C@H]1C(N)=O. The lowest BCUT2D eigenvalue weighted by atomic mass is 10.1. The molecule has 1 atom stereocenters. The molecule has 1 heterocycles. The predicted octanol–water partition coefficient (Wildman–Crippen LogP) is 0.776. The molecule has 0 aliphatic carbocycles. The summed E-state index contributed by atoms with van der Waals surface area (Å²) in [6.45, 7) is 1.63. The van der Waals surface area contributed by atoms with Crippen LogP contribution in [0.1, 0.15) is 18.4 Å². The first kappa shape index (κ1) is 16.4. The summed E-state index contributed by atoms with van der Waals surface area (Å²) in [4.78, 5) is 27.2. The van der Waals surface area contributed by atoms with Gasteiger partial charge in [-0.05, 0) is 37.6 Å². The number of primary amides is 1. The zero-order valence-electron chi connectivity index (χ0n) is 12.8. The number of likely N-dealkylation sites (N-methyl/N-ethyl adjacent to an activating group) is 1. The molecule has 1 aliphatic heterocycles.